The van der Waals surface area contributed by atoms with Crippen molar-refractivity contribution in [1.29, 1.82) is 0 Å². The Kier molecular flexibility index (Phi) is 6.18. The van der Waals surface area contributed by atoms with Gasteiger partial charge in [-0.15, -0.1) is 0 Å². The Balaban J connectivity index is 1.37. The zero-order valence-corrected chi connectivity index (χ0v) is 14.2. The molecule has 0 spiro atoms. The molecule has 0 bridgehead atoms. The minimum absolute atomic E-state index is 0.00401. The highest BCUT2D eigenvalue weighted by atomic mass is 19.1. The first-order valence-corrected chi connectivity index (χ1v) is 9.03. The van der Waals surface area contributed by atoms with Crippen LogP contribution in [0.1, 0.15) is 19.3 Å². The molecule has 2 aliphatic rings. The smallest absolute Gasteiger partial charge is 0.279 e. The van der Waals surface area contributed by atoms with E-state index in [1.165, 1.54) is 36.3 Å². The standard InChI is InChI=1S/C18H26FN3O2/c19-15-4-6-16(7-5-15)20-18(23)14-22-10-8-21(9-11-22)13-17-3-1-2-12-24-17/h4-7,17H,1-3,8-14H2,(H,20,23)/p+2/t17-/m1/s1. The number of quaternary nitrogens is 2. The fraction of sp³-hybridized carbons (Fsp3) is 0.611. The van der Waals surface area contributed by atoms with Gasteiger partial charge in [0.05, 0.1) is 0 Å². The molecule has 2 aliphatic heterocycles. The van der Waals surface area contributed by atoms with Gasteiger partial charge in [0.25, 0.3) is 5.91 Å². The first-order chi connectivity index (χ1) is 11.7. The Morgan fingerprint density at radius 2 is 1.83 bits per heavy atom. The Morgan fingerprint density at radius 1 is 1.12 bits per heavy atom. The average molecular weight is 337 g/mol. The molecule has 2 saturated heterocycles. The number of nitrogens with one attached hydrogen (secondary N) is 3. The van der Waals surface area contributed by atoms with Gasteiger partial charge in [0.2, 0.25) is 0 Å². The van der Waals surface area contributed by atoms with Gasteiger partial charge in [-0.25, -0.2) is 4.39 Å². The summed E-state index contributed by atoms with van der Waals surface area (Å²) in [6.45, 7) is 6.72. The van der Waals surface area contributed by atoms with E-state index in [0.717, 1.165) is 39.3 Å². The normalized spacial score (nSPS) is 27.6. The van der Waals surface area contributed by atoms with Gasteiger partial charge in [-0.2, -0.15) is 0 Å². The molecule has 6 heteroatoms. The number of ether oxygens (including phenoxy) is 1. The molecule has 0 aliphatic carbocycles. The van der Waals surface area contributed by atoms with E-state index in [4.69, 9.17) is 4.74 Å². The number of rotatable bonds is 5. The van der Waals surface area contributed by atoms with Crippen LogP contribution in [0.4, 0.5) is 10.1 Å². The molecule has 3 N–H and O–H groups in total. The van der Waals surface area contributed by atoms with Crippen molar-refractivity contribution in [2.75, 3.05) is 51.2 Å². The molecule has 2 heterocycles. The molecule has 24 heavy (non-hydrogen) atoms. The Morgan fingerprint density at radius 3 is 2.50 bits per heavy atom. The van der Waals surface area contributed by atoms with E-state index in [1.54, 1.807) is 17.0 Å². The van der Waals surface area contributed by atoms with Gasteiger partial charge in [-0.3, -0.25) is 4.79 Å². The fourth-order valence-corrected chi connectivity index (χ4v) is 3.59. The SMILES string of the molecule is O=C(C[NH+]1CC[NH+](C[C@H]2CCCCO2)CC1)Nc1ccc(F)cc1. The molecule has 2 fully saturated rings. The highest BCUT2D eigenvalue weighted by molar-refractivity contribution is 5.91. The predicted molar refractivity (Wildman–Crippen MR) is 89.7 cm³/mol. The third-order valence-corrected chi connectivity index (χ3v) is 4.99. The van der Waals surface area contributed by atoms with Gasteiger partial charge >= 0.3 is 0 Å². The van der Waals surface area contributed by atoms with Gasteiger partial charge in [0, 0.05) is 12.3 Å². The van der Waals surface area contributed by atoms with Crippen molar-refractivity contribution in [2.24, 2.45) is 0 Å². The second-order valence-corrected chi connectivity index (χ2v) is 6.92. The zero-order chi connectivity index (χ0) is 16.8. The highest BCUT2D eigenvalue weighted by Crippen LogP contribution is 2.10. The second kappa shape index (κ2) is 8.55. The van der Waals surface area contributed by atoms with Crippen LogP contribution in [0, 0.1) is 5.82 Å². The first-order valence-electron chi connectivity index (χ1n) is 9.03. The van der Waals surface area contributed by atoms with Gasteiger partial charge in [-0.05, 0) is 43.5 Å². The molecule has 0 saturated carbocycles. The van der Waals surface area contributed by atoms with Crippen LogP contribution in [0.2, 0.25) is 0 Å². The van der Waals surface area contributed by atoms with Crippen LogP contribution in [0.3, 0.4) is 0 Å². The summed E-state index contributed by atoms with van der Waals surface area (Å²) in [5.74, 6) is -0.296. The zero-order valence-electron chi connectivity index (χ0n) is 14.2. The van der Waals surface area contributed by atoms with Crippen molar-refractivity contribution in [3.63, 3.8) is 0 Å². The Hall–Kier alpha value is -1.50. The monoisotopic (exact) mass is 337 g/mol. The van der Waals surface area contributed by atoms with E-state index in [-0.39, 0.29) is 11.7 Å². The fourth-order valence-electron chi connectivity index (χ4n) is 3.59. The lowest BCUT2D eigenvalue weighted by atomic mass is 10.1. The molecule has 132 valence electrons. The van der Waals surface area contributed by atoms with Gasteiger partial charge in [-0.1, -0.05) is 0 Å². The van der Waals surface area contributed by atoms with E-state index in [2.05, 4.69) is 5.32 Å². The number of piperazine rings is 1. The van der Waals surface area contributed by atoms with Crippen LogP contribution in [0.5, 0.6) is 0 Å². The maximum atomic E-state index is 12.9. The molecule has 1 atom stereocenters. The summed E-state index contributed by atoms with van der Waals surface area (Å²) < 4.78 is 18.7. The number of carbonyl (C=O) groups excluding carboxylic acids is 1. The van der Waals surface area contributed by atoms with Crippen LogP contribution in [0.15, 0.2) is 24.3 Å². The molecule has 3 rings (SSSR count). The van der Waals surface area contributed by atoms with Crippen LogP contribution in [-0.4, -0.2) is 57.9 Å². The number of amides is 1. The van der Waals surface area contributed by atoms with Crippen molar-refractivity contribution in [3.05, 3.63) is 30.1 Å². The topological polar surface area (TPSA) is 47.2 Å². The average Bonchev–Trinajstić information content (AvgIpc) is 2.60. The summed E-state index contributed by atoms with van der Waals surface area (Å²) >= 11 is 0. The van der Waals surface area contributed by atoms with E-state index in [9.17, 15) is 9.18 Å². The van der Waals surface area contributed by atoms with Crippen LogP contribution in [-0.2, 0) is 9.53 Å². The minimum atomic E-state index is -0.292. The van der Waals surface area contributed by atoms with Crippen LogP contribution < -0.4 is 15.1 Å². The third-order valence-electron chi connectivity index (χ3n) is 4.99. The quantitative estimate of drug-likeness (QED) is 0.653. The molecular formula is C18H28FN3O2+2. The van der Waals surface area contributed by atoms with Crippen molar-refractivity contribution in [2.45, 2.75) is 25.4 Å². The maximum absolute atomic E-state index is 12.9. The number of halogens is 1. The number of benzene rings is 1. The summed E-state index contributed by atoms with van der Waals surface area (Å²) in [7, 11) is 0. The maximum Gasteiger partial charge on any atom is 0.279 e. The third kappa shape index (κ3) is 5.26. The lowest BCUT2D eigenvalue weighted by molar-refractivity contribution is -1.01. The molecule has 5 nitrogen and oxygen atoms in total. The Bertz CT molecular complexity index is 524. The first kappa shape index (κ1) is 17.3. The van der Waals surface area contributed by atoms with E-state index >= 15 is 0 Å². The molecular weight excluding hydrogens is 309 g/mol. The number of hydrogen-bond donors (Lipinski definition) is 3. The number of carbonyl (C=O) groups is 1. The lowest BCUT2D eigenvalue weighted by Gasteiger charge is -2.32. The number of hydrogen-bond acceptors (Lipinski definition) is 2. The highest BCUT2D eigenvalue weighted by Gasteiger charge is 2.27. The van der Waals surface area contributed by atoms with Crippen LogP contribution in [0.25, 0.3) is 0 Å². The molecule has 0 unspecified atom stereocenters. The van der Waals surface area contributed by atoms with Crippen LogP contribution >= 0.6 is 0 Å². The predicted octanol–water partition coefficient (Wildman–Crippen LogP) is -0.883. The van der Waals surface area contributed by atoms with Crippen molar-refractivity contribution >= 4 is 11.6 Å². The van der Waals surface area contributed by atoms with E-state index in [0.29, 0.717) is 18.3 Å². The Labute approximate surface area is 142 Å². The summed E-state index contributed by atoms with van der Waals surface area (Å²) in [5, 5.41) is 2.84. The summed E-state index contributed by atoms with van der Waals surface area (Å²) in [6.07, 6.45) is 4.11. The van der Waals surface area contributed by atoms with Crippen molar-refractivity contribution < 1.29 is 23.7 Å². The second-order valence-electron chi connectivity index (χ2n) is 6.92. The summed E-state index contributed by atoms with van der Waals surface area (Å²) in [6, 6.07) is 5.90. The molecule has 0 radical (unpaired) electrons. The van der Waals surface area contributed by atoms with Gasteiger partial charge in [0.1, 0.15) is 44.6 Å². The van der Waals surface area contributed by atoms with Gasteiger partial charge < -0.3 is 19.9 Å². The molecule has 0 aromatic heterocycles. The molecule has 1 aromatic rings. The van der Waals surface area contributed by atoms with Crippen molar-refractivity contribution in [1.82, 2.24) is 0 Å². The molecule has 1 aromatic carbocycles. The summed E-state index contributed by atoms with van der Waals surface area (Å²) in [4.78, 5) is 15.0. The summed E-state index contributed by atoms with van der Waals surface area (Å²) in [5.41, 5.74) is 0.652. The minimum Gasteiger partial charge on any atom is -0.372 e. The van der Waals surface area contributed by atoms with E-state index in [1.807, 2.05) is 0 Å². The largest absolute Gasteiger partial charge is 0.372 e. The van der Waals surface area contributed by atoms with E-state index < -0.39 is 0 Å². The molecule has 1 amide bonds. The van der Waals surface area contributed by atoms with Gasteiger partial charge in [0.15, 0.2) is 6.54 Å². The van der Waals surface area contributed by atoms with Crippen molar-refractivity contribution in [3.8, 4) is 0 Å². The lowest BCUT2D eigenvalue weighted by Crippen LogP contribution is -3.28. The number of anilines is 1.